The third kappa shape index (κ3) is 4.39. The van der Waals surface area contributed by atoms with Gasteiger partial charge in [0.2, 0.25) is 5.91 Å². The highest BCUT2D eigenvalue weighted by atomic mass is 32.2. The van der Waals surface area contributed by atoms with Crippen molar-refractivity contribution in [2.24, 2.45) is 5.10 Å². The second kappa shape index (κ2) is 8.93. The van der Waals surface area contributed by atoms with E-state index >= 15 is 0 Å². The van der Waals surface area contributed by atoms with Crippen LogP contribution in [-0.4, -0.2) is 40.2 Å². The van der Waals surface area contributed by atoms with Crippen molar-refractivity contribution in [3.63, 3.8) is 0 Å². The zero-order chi connectivity index (χ0) is 21.8. The van der Waals surface area contributed by atoms with E-state index in [0.29, 0.717) is 11.3 Å². The monoisotopic (exact) mass is 433 g/mol. The first-order valence-electron chi connectivity index (χ1n) is 9.39. The number of hydrazone groups is 1. The van der Waals surface area contributed by atoms with Gasteiger partial charge in [-0.1, -0.05) is 30.3 Å². The molecule has 0 aliphatic carbocycles. The predicted octanol–water partition coefficient (Wildman–Crippen LogP) is 4.05. The molecule has 0 bridgehead atoms. The molecule has 0 radical (unpaired) electrons. The average Bonchev–Trinajstić information content (AvgIpc) is 2.77. The summed E-state index contributed by atoms with van der Waals surface area (Å²) >= 11 is 1.39. The number of carbonyl (C=O) groups is 1. The number of nitrogens with one attached hydrogen (secondary N) is 1. The molecule has 0 aliphatic heterocycles. The number of phenolic OH excluding ortho intramolecular Hbond substituents is 2. The number of thioether (sulfide) groups is 1. The maximum absolute atomic E-state index is 12.4. The molecule has 0 aliphatic rings. The van der Waals surface area contributed by atoms with Gasteiger partial charge in [0.25, 0.3) is 0 Å². The highest BCUT2D eigenvalue weighted by Crippen LogP contribution is 2.37. The summed E-state index contributed by atoms with van der Waals surface area (Å²) in [6, 6.07) is 17.6. The maximum Gasteiger partial charge on any atom is 0.250 e. The highest BCUT2D eigenvalue weighted by Gasteiger charge is 2.14. The van der Waals surface area contributed by atoms with Crippen molar-refractivity contribution in [2.75, 3.05) is 12.9 Å². The van der Waals surface area contributed by atoms with Crippen LogP contribution < -0.4 is 10.2 Å². The number of carbonyl (C=O) groups excluding carboxylic acids is 1. The first kappa shape index (κ1) is 20.5. The molecule has 4 aromatic rings. The largest absolute Gasteiger partial charge is 0.508 e. The predicted molar refractivity (Wildman–Crippen MR) is 122 cm³/mol. The molecule has 1 amide bonds. The molecule has 0 atom stereocenters. The van der Waals surface area contributed by atoms with Gasteiger partial charge in [-0.2, -0.15) is 5.10 Å². The number of para-hydroxylation sites is 2. The van der Waals surface area contributed by atoms with Crippen LogP contribution in [-0.2, 0) is 4.79 Å². The number of phenols is 2. The number of hydrogen-bond acceptors (Lipinski definition) is 7. The van der Waals surface area contributed by atoms with Crippen LogP contribution in [0.1, 0.15) is 5.56 Å². The Labute approximate surface area is 182 Å². The summed E-state index contributed by atoms with van der Waals surface area (Å²) in [6.45, 7) is 0. The minimum absolute atomic E-state index is 0.0523. The van der Waals surface area contributed by atoms with Crippen molar-refractivity contribution >= 4 is 45.7 Å². The van der Waals surface area contributed by atoms with Crippen molar-refractivity contribution < 1.29 is 19.7 Å². The highest BCUT2D eigenvalue weighted by molar-refractivity contribution is 8.00. The molecule has 156 valence electrons. The van der Waals surface area contributed by atoms with Crippen molar-refractivity contribution in [2.45, 2.75) is 4.90 Å². The molecular formula is C23H19N3O4S. The summed E-state index contributed by atoms with van der Waals surface area (Å²) in [7, 11) is 1.61. The number of aromatic nitrogens is 1. The van der Waals surface area contributed by atoms with Crippen molar-refractivity contribution in [3.8, 4) is 17.2 Å². The van der Waals surface area contributed by atoms with E-state index in [1.54, 1.807) is 7.11 Å². The topological polar surface area (TPSA) is 104 Å². The lowest BCUT2D eigenvalue weighted by atomic mass is 10.1. The van der Waals surface area contributed by atoms with E-state index < -0.39 is 0 Å². The number of methoxy groups -OCH3 is 1. The van der Waals surface area contributed by atoms with Crippen LogP contribution in [0.25, 0.3) is 21.8 Å². The second-order valence-corrected chi connectivity index (χ2v) is 7.63. The van der Waals surface area contributed by atoms with Crippen molar-refractivity contribution in [1.82, 2.24) is 10.4 Å². The molecule has 3 aromatic carbocycles. The third-order valence-electron chi connectivity index (χ3n) is 4.60. The van der Waals surface area contributed by atoms with Gasteiger partial charge in [-0.25, -0.2) is 10.4 Å². The first-order chi connectivity index (χ1) is 15.1. The molecule has 31 heavy (non-hydrogen) atoms. The summed E-state index contributed by atoms with van der Waals surface area (Å²) in [5.74, 6) is 0.336. The van der Waals surface area contributed by atoms with Crippen LogP contribution in [0, 0.1) is 0 Å². The number of pyridine rings is 1. The molecule has 0 unspecified atom stereocenters. The van der Waals surface area contributed by atoms with Crippen LogP contribution in [0.4, 0.5) is 0 Å². The summed E-state index contributed by atoms with van der Waals surface area (Å²) in [5.41, 5.74) is 4.40. The minimum atomic E-state index is -0.295. The average molecular weight is 433 g/mol. The van der Waals surface area contributed by atoms with Gasteiger partial charge in [0.05, 0.1) is 24.6 Å². The van der Waals surface area contributed by atoms with E-state index in [9.17, 15) is 15.0 Å². The molecule has 0 saturated heterocycles. The first-order valence-corrected chi connectivity index (χ1v) is 10.4. The van der Waals surface area contributed by atoms with E-state index in [1.807, 2.05) is 42.5 Å². The van der Waals surface area contributed by atoms with Crippen molar-refractivity contribution in [3.05, 3.63) is 66.2 Å². The summed E-state index contributed by atoms with van der Waals surface area (Å²) in [4.78, 5) is 18.0. The van der Waals surface area contributed by atoms with E-state index in [-0.39, 0.29) is 23.2 Å². The number of aromatic hydroxyl groups is 2. The molecule has 0 spiro atoms. The van der Waals surface area contributed by atoms with Crippen LogP contribution >= 0.6 is 11.8 Å². The number of fused-ring (bicyclic) bond motifs is 2. The van der Waals surface area contributed by atoms with E-state index in [2.05, 4.69) is 10.5 Å². The summed E-state index contributed by atoms with van der Waals surface area (Å²) in [6.07, 6.45) is 1.32. The Morgan fingerprint density at radius 3 is 2.74 bits per heavy atom. The van der Waals surface area contributed by atoms with Crippen LogP contribution in [0.15, 0.2) is 70.7 Å². The summed E-state index contributed by atoms with van der Waals surface area (Å²) in [5, 5.41) is 24.8. The quantitative estimate of drug-likeness (QED) is 0.183. The molecule has 0 saturated carbocycles. The van der Waals surface area contributed by atoms with Gasteiger partial charge in [0.1, 0.15) is 22.8 Å². The summed E-state index contributed by atoms with van der Waals surface area (Å²) < 4.78 is 5.46. The number of ether oxygens (including phenoxy) is 1. The van der Waals surface area contributed by atoms with Crippen LogP contribution in [0.5, 0.6) is 17.2 Å². The molecule has 7 nitrogen and oxygen atoms in total. The number of amides is 1. The number of hydrogen-bond donors (Lipinski definition) is 3. The van der Waals surface area contributed by atoms with Crippen molar-refractivity contribution in [1.29, 1.82) is 0 Å². The van der Waals surface area contributed by atoms with Gasteiger partial charge in [-0.3, -0.25) is 4.79 Å². The standard InChI is InChI=1S/C23H19N3O4S/c1-30-20-8-4-6-17-22(20)25-18-7-3-2-5-16(18)23(17)31-13-21(29)26-24-12-14-9-10-15(27)11-19(14)28/h2-12,27-28H,13H2,1H3,(H,26,29)/b24-12+. The zero-order valence-electron chi connectivity index (χ0n) is 16.6. The molecule has 8 heteroatoms. The van der Waals surface area contributed by atoms with Gasteiger partial charge in [0.15, 0.2) is 0 Å². The van der Waals surface area contributed by atoms with E-state index in [4.69, 9.17) is 9.72 Å². The van der Waals surface area contributed by atoms with Gasteiger partial charge >= 0.3 is 0 Å². The lowest BCUT2D eigenvalue weighted by Crippen LogP contribution is -2.19. The lowest BCUT2D eigenvalue weighted by Gasteiger charge is -2.12. The Morgan fingerprint density at radius 2 is 1.94 bits per heavy atom. The minimum Gasteiger partial charge on any atom is -0.508 e. The molecule has 0 fully saturated rings. The number of nitrogens with zero attached hydrogens (tertiary/aromatic N) is 2. The van der Waals surface area contributed by atoms with Gasteiger partial charge in [-0.05, 0) is 24.3 Å². The Kier molecular flexibility index (Phi) is 5.90. The molecule has 1 aromatic heterocycles. The Morgan fingerprint density at radius 1 is 1.13 bits per heavy atom. The Bertz CT molecular complexity index is 1310. The number of benzene rings is 3. The zero-order valence-corrected chi connectivity index (χ0v) is 17.4. The van der Waals surface area contributed by atoms with Crippen LogP contribution in [0.2, 0.25) is 0 Å². The number of rotatable bonds is 6. The SMILES string of the molecule is COc1cccc2c(SCC(=O)N/N=C/c3ccc(O)cc3O)c3ccccc3nc12. The van der Waals surface area contributed by atoms with Gasteiger partial charge in [-0.15, -0.1) is 11.8 Å². The lowest BCUT2D eigenvalue weighted by molar-refractivity contribution is -0.118. The third-order valence-corrected chi connectivity index (χ3v) is 5.73. The van der Waals surface area contributed by atoms with Crippen LogP contribution in [0.3, 0.4) is 0 Å². The van der Waals surface area contributed by atoms with E-state index in [0.717, 1.165) is 26.7 Å². The fraction of sp³-hybridized carbons (Fsp3) is 0.0870. The maximum atomic E-state index is 12.4. The second-order valence-electron chi connectivity index (χ2n) is 6.64. The Hall–Kier alpha value is -3.78. The van der Waals surface area contributed by atoms with Gasteiger partial charge < -0.3 is 14.9 Å². The molecule has 4 rings (SSSR count). The molecule has 3 N–H and O–H groups in total. The molecule has 1 heterocycles. The fourth-order valence-corrected chi connectivity index (χ4v) is 4.14. The molecular weight excluding hydrogens is 414 g/mol. The Balaban J connectivity index is 1.55. The van der Waals surface area contributed by atoms with Gasteiger partial charge in [0, 0.05) is 27.3 Å². The van der Waals surface area contributed by atoms with E-state index in [1.165, 1.54) is 36.2 Å². The normalized spacial score (nSPS) is 11.3. The fourth-order valence-electron chi connectivity index (χ4n) is 3.15. The smallest absolute Gasteiger partial charge is 0.250 e.